The van der Waals surface area contributed by atoms with Gasteiger partial charge in [-0.25, -0.2) is 9.59 Å². The van der Waals surface area contributed by atoms with Crippen molar-refractivity contribution in [1.29, 1.82) is 0 Å². The summed E-state index contributed by atoms with van der Waals surface area (Å²) < 4.78 is 9.03. The Hall–Kier alpha value is -2.24. The number of ether oxygens (including phenoxy) is 2. The van der Waals surface area contributed by atoms with Crippen LogP contribution in [0.4, 0.5) is 9.59 Å². The third kappa shape index (κ3) is 3.01. The van der Waals surface area contributed by atoms with E-state index in [9.17, 15) is 9.59 Å². The topological polar surface area (TPSA) is 65.1 Å². The van der Waals surface area contributed by atoms with E-state index in [1.807, 2.05) is 30.3 Å². The maximum Gasteiger partial charge on any atom is 0.533 e. The predicted octanol–water partition coefficient (Wildman–Crippen LogP) is 2.48. The molecule has 0 bridgehead atoms. The standard InChI is InChI=1S/C14H17NO5/c1-18-12(16)15(20-13(17)19-2)10-14(8-9-14)11-6-4-3-5-7-11/h3-7H,8-10H2,1-2H3. The second-order valence-electron chi connectivity index (χ2n) is 4.70. The lowest BCUT2D eigenvalue weighted by atomic mass is 9.96. The Morgan fingerprint density at radius 1 is 1.15 bits per heavy atom. The predicted molar refractivity (Wildman–Crippen MR) is 70.0 cm³/mol. The second-order valence-corrected chi connectivity index (χ2v) is 4.70. The number of rotatable bonds is 3. The van der Waals surface area contributed by atoms with Crippen LogP contribution in [0.5, 0.6) is 0 Å². The van der Waals surface area contributed by atoms with Gasteiger partial charge in [0.1, 0.15) is 0 Å². The lowest BCUT2D eigenvalue weighted by Gasteiger charge is -2.24. The third-order valence-electron chi connectivity index (χ3n) is 3.42. The molecule has 1 aliphatic carbocycles. The number of hydroxylamine groups is 2. The minimum Gasteiger partial charge on any atom is -0.451 e. The molecule has 0 aliphatic heterocycles. The third-order valence-corrected chi connectivity index (χ3v) is 3.42. The summed E-state index contributed by atoms with van der Waals surface area (Å²) in [7, 11) is 2.42. The van der Waals surface area contributed by atoms with Crippen LogP contribution in [0.2, 0.25) is 0 Å². The molecule has 0 heterocycles. The van der Waals surface area contributed by atoms with Crippen LogP contribution in [-0.2, 0) is 19.7 Å². The van der Waals surface area contributed by atoms with Crippen molar-refractivity contribution in [2.24, 2.45) is 0 Å². The quantitative estimate of drug-likeness (QED) is 0.628. The lowest BCUT2D eigenvalue weighted by Crippen LogP contribution is -2.39. The minimum atomic E-state index is -0.945. The molecule has 1 aliphatic rings. The second kappa shape index (κ2) is 5.81. The van der Waals surface area contributed by atoms with Crippen LogP contribution in [0.1, 0.15) is 18.4 Å². The van der Waals surface area contributed by atoms with Crippen molar-refractivity contribution in [1.82, 2.24) is 5.06 Å². The lowest BCUT2D eigenvalue weighted by molar-refractivity contribution is -0.108. The Morgan fingerprint density at radius 3 is 2.30 bits per heavy atom. The van der Waals surface area contributed by atoms with Crippen LogP contribution >= 0.6 is 0 Å². The Morgan fingerprint density at radius 2 is 1.80 bits per heavy atom. The van der Waals surface area contributed by atoms with E-state index >= 15 is 0 Å². The Kier molecular flexibility index (Phi) is 4.12. The van der Waals surface area contributed by atoms with Gasteiger partial charge in [-0.2, -0.15) is 0 Å². The van der Waals surface area contributed by atoms with E-state index in [0.717, 1.165) is 23.5 Å². The zero-order valence-electron chi connectivity index (χ0n) is 11.5. The van der Waals surface area contributed by atoms with Gasteiger partial charge in [-0.15, -0.1) is 5.06 Å². The smallest absolute Gasteiger partial charge is 0.451 e. The molecular weight excluding hydrogens is 262 g/mol. The molecule has 108 valence electrons. The molecule has 0 atom stereocenters. The van der Waals surface area contributed by atoms with Gasteiger partial charge in [0, 0.05) is 5.41 Å². The number of hydrogen-bond donors (Lipinski definition) is 0. The fourth-order valence-electron chi connectivity index (χ4n) is 2.12. The molecule has 0 radical (unpaired) electrons. The van der Waals surface area contributed by atoms with Gasteiger partial charge in [0.15, 0.2) is 0 Å². The van der Waals surface area contributed by atoms with Gasteiger partial charge in [0.25, 0.3) is 0 Å². The first-order valence-electron chi connectivity index (χ1n) is 6.28. The summed E-state index contributed by atoms with van der Waals surface area (Å²) in [5.41, 5.74) is 0.936. The van der Waals surface area contributed by atoms with E-state index in [2.05, 4.69) is 9.47 Å². The van der Waals surface area contributed by atoms with Crippen LogP contribution in [0.25, 0.3) is 0 Å². The number of amides is 1. The van der Waals surface area contributed by atoms with Crippen LogP contribution in [-0.4, -0.2) is 38.1 Å². The van der Waals surface area contributed by atoms with Crippen LogP contribution in [0, 0.1) is 0 Å². The van der Waals surface area contributed by atoms with E-state index in [1.165, 1.54) is 14.2 Å². The summed E-state index contributed by atoms with van der Waals surface area (Å²) in [6, 6.07) is 9.82. The molecule has 1 fully saturated rings. The van der Waals surface area contributed by atoms with Gasteiger partial charge in [-0.1, -0.05) is 30.3 Å². The zero-order chi connectivity index (χ0) is 14.6. The normalized spacial score (nSPS) is 15.1. The number of benzene rings is 1. The number of nitrogens with zero attached hydrogens (tertiary/aromatic N) is 1. The summed E-state index contributed by atoms with van der Waals surface area (Å²) in [5.74, 6) is 0. The molecular formula is C14H17NO5. The van der Waals surface area contributed by atoms with Gasteiger partial charge < -0.3 is 14.3 Å². The van der Waals surface area contributed by atoms with E-state index < -0.39 is 12.2 Å². The SMILES string of the molecule is COC(=O)ON(CC1(c2ccccc2)CC1)C(=O)OC. The number of carbonyl (C=O) groups is 2. The Bertz CT molecular complexity index is 484. The zero-order valence-corrected chi connectivity index (χ0v) is 11.5. The molecule has 0 saturated heterocycles. The monoisotopic (exact) mass is 279 g/mol. The van der Waals surface area contributed by atoms with Gasteiger partial charge in [-0.05, 0) is 18.4 Å². The molecule has 2 rings (SSSR count). The van der Waals surface area contributed by atoms with Gasteiger partial charge in [0.05, 0.1) is 20.8 Å². The van der Waals surface area contributed by atoms with E-state index in [-0.39, 0.29) is 12.0 Å². The minimum absolute atomic E-state index is 0.177. The highest BCUT2D eigenvalue weighted by Crippen LogP contribution is 2.48. The van der Waals surface area contributed by atoms with Crippen molar-refractivity contribution in [3.05, 3.63) is 35.9 Å². The van der Waals surface area contributed by atoms with Crippen molar-refractivity contribution < 1.29 is 23.9 Å². The van der Waals surface area contributed by atoms with Crippen molar-refractivity contribution in [3.8, 4) is 0 Å². The molecule has 0 spiro atoms. The molecule has 1 amide bonds. The van der Waals surface area contributed by atoms with Crippen molar-refractivity contribution in [3.63, 3.8) is 0 Å². The average molecular weight is 279 g/mol. The van der Waals surface area contributed by atoms with Crippen LogP contribution in [0.3, 0.4) is 0 Å². The summed E-state index contributed by atoms with van der Waals surface area (Å²) in [6.07, 6.45) is 0.182. The molecule has 1 aromatic carbocycles. The molecule has 0 aromatic heterocycles. The Labute approximate surface area is 117 Å². The number of methoxy groups -OCH3 is 2. The van der Waals surface area contributed by atoms with Crippen LogP contribution < -0.4 is 0 Å². The van der Waals surface area contributed by atoms with E-state index in [1.54, 1.807) is 0 Å². The first kappa shape index (κ1) is 14.2. The molecule has 6 heteroatoms. The van der Waals surface area contributed by atoms with Crippen molar-refractivity contribution in [2.45, 2.75) is 18.3 Å². The number of carbonyl (C=O) groups excluding carboxylic acids is 2. The molecule has 20 heavy (non-hydrogen) atoms. The molecule has 6 nitrogen and oxygen atoms in total. The Balaban J connectivity index is 2.11. The summed E-state index contributed by atoms with van der Waals surface area (Å²) >= 11 is 0. The van der Waals surface area contributed by atoms with Crippen molar-refractivity contribution in [2.75, 3.05) is 20.8 Å². The van der Waals surface area contributed by atoms with Gasteiger partial charge in [-0.3, -0.25) is 0 Å². The fourth-order valence-corrected chi connectivity index (χ4v) is 2.12. The van der Waals surface area contributed by atoms with E-state index in [0.29, 0.717) is 0 Å². The highest BCUT2D eigenvalue weighted by Gasteiger charge is 2.47. The molecule has 0 unspecified atom stereocenters. The van der Waals surface area contributed by atoms with Gasteiger partial charge >= 0.3 is 12.2 Å². The number of hydrogen-bond acceptors (Lipinski definition) is 5. The van der Waals surface area contributed by atoms with Crippen LogP contribution in [0.15, 0.2) is 30.3 Å². The maximum absolute atomic E-state index is 11.7. The summed E-state index contributed by atoms with van der Waals surface area (Å²) in [5, 5.41) is 0.909. The fraction of sp³-hybridized carbons (Fsp3) is 0.429. The summed E-state index contributed by atoms with van der Waals surface area (Å²) in [6.45, 7) is 0.249. The summed E-state index contributed by atoms with van der Waals surface area (Å²) in [4.78, 5) is 27.7. The molecule has 1 saturated carbocycles. The largest absolute Gasteiger partial charge is 0.533 e. The van der Waals surface area contributed by atoms with Gasteiger partial charge in [0.2, 0.25) is 0 Å². The average Bonchev–Trinajstić information content (AvgIpc) is 3.27. The van der Waals surface area contributed by atoms with E-state index in [4.69, 9.17) is 4.84 Å². The first-order valence-corrected chi connectivity index (χ1v) is 6.28. The highest BCUT2D eigenvalue weighted by atomic mass is 16.8. The first-order chi connectivity index (χ1) is 9.61. The van der Waals surface area contributed by atoms with Crippen molar-refractivity contribution >= 4 is 12.2 Å². The highest BCUT2D eigenvalue weighted by molar-refractivity contribution is 5.69. The molecule has 1 aromatic rings. The molecule has 0 N–H and O–H groups in total. The maximum atomic E-state index is 11.7.